The Kier molecular flexibility index (Phi) is 5.86. The Bertz CT molecular complexity index is 989. The molecule has 2 atom stereocenters. The predicted octanol–water partition coefficient (Wildman–Crippen LogP) is 3.67. The van der Waals surface area contributed by atoms with Gasteiger partial charge in [-0.15, -0.1) is 0 Å². The number of carbonyl (C=O) groups excluding carboxylic acids is 1. The molecule has 1 aliphatic heterocycles. The zero-order chi connectivity index (χ0) is 20.2. The highest BCUT2D eigenvalue weighted by molar-refractivity contribution is 5.86. The van der Waals surface area contributed by atoms with E-state index >= 15 is 0 Å². The monoisotopic (exact) mass is 388 g/mol. The molecule has 5 heteroatoms. The van der Waals surface area contributed by atoms with Gasteiger partial charge in [0.05, 0.1) is 5.52 Å². The van der Waals surface area contributed by atoms with Crippen LogP contribution < -0.4 is 5.73 Å². The zero-order valence-corrected chi connectivity index (χ0v) is 16.9. The molecular weight excluding hydrogens is 360 g/mol. The van der Waals surface area contributed by atoms with Crippen molar-refractivity contribution in [2.75, 3.05) is 13.1 Å². The third-order valence-corrected chi connectivity index (χ3v) is 5.91. The summed E-state index contributed by atoms with van der Waals surface area (Å²) in [4.78, 5) is 23.7. The van der Waals surface area contributed by atoms with Crippen molar-refractivity contribution < 1.29 is 4.79 Å². The number of aryl methyl sites for hydroxylation is 1. The smallest absolute Gasteiger partial charge is 0.222 e. The molecule has 4 rings (SSSR count). The summed E-state index contributed by atoms with van der Waals surface area (Å²) >= 11 is 0. The summed E-state index contributed by atoms with van der Waals surface area (Å²) in [5.41, 5.74) is 10.4. The van der Waals surface area contributed by atoms with Crippen molar-refractivity contribution in [3.63, 3.8) is 0 Å². The van der Waals surface area contributed by atoms with Gasteiger partial charge in [0, 0.05) is 55.9 Å². The lowest BCUT2D eigenvalue weighted by Crippen LogP contribution is -2.42. The first-order chi connectivity index (χ1) is 14.2. The SMILES string of the molecule is CC1C[C@@H](c2ccc(CN)c3ncccc23)CN(C(=O)CCc2cccnc2)C1. The second-order valence-electron chi connectivity index (χ2n) is 8.12. The number of piperidine rings is 1. The molecular formula is C24H28N4O. The van der Waals surface area contributed by atoms with Crippen LogP contribution in [0.15, 0.2) is 55.0 Å². The second-order valence-corrected chi connectivity index (χ2v) is 8.12. The number of aromatic nitrogens is 2. The minimum atomic E-state index is 0.228. The summed E-state index contributed by atoms with van der Waals surface area (Å²) in [5.74, 6) is 1.02. The van der Waals surface area contributed by atoms with Crippen LogP contribution in [0.1, 0.15) is 42.4 Å². The Balaban J connectivity index is 1.53. The Morgan fingerprint density at radius 3 is 2.83 bits per heavy atom. The lowest BCUT2D eigenvalue weighted by molar-refractivity contribution is -0.133. The number of benzene rings is 1. The molecule has 0 spiro atoms. The fourth-order valence-electron chi connectivity index (χ4n) is 4.51. The van der Waals surface area contributed by atoms with E-state index in [1.807, 2.05) is 35.5 Å². The third-order valence-electron chi connectivity index (χ3n) is 5.91. The molecule has 1 saturated heterocycles. The van der Waals surface area contributed by atoms with Gasteiger partial charge in [-0.2, -0.15) is 0 Å². The van der Waals surface area contributed by atoms with Crippen molar-refractivity contribution in [2.24, 2.45) is 11.7 Å². The number of nitrogens with zero attached hydrogens (tertiary/aromatic N) is 3. The first kappa shape index (κ1) is 19.5. The lowest BCUT2D eigenvalue weighted by Gasteiger charge is -2.37. The number of likely N-dealkylation sites (tertiary alicyclic amines) is 1. The van der Waals surface area contributed by atoms with Crippen molar-refractivity contribution in [3.8, 4) is 0 Å². The molecule has 1 amide bonds. The van der Waals surface area contributed by atoms with Gasteiger partial charge in [-0.3, -0.25) is 14.8 Å². The largest absolute Gasteiger partial charge is 0.342 e. The van der Waals surface area contributed by atoms with Gasteiger partial charge >= 0.3 is 0 Å². The van der Waals surface area contributed by atoms with Gasteiger partial charge in [0.25, 0.3) is 0 Å². The summed E-state index contributed by atoms with van der Waals surface area (Å²) in [7, 11) is 0. The fourth-order valence-corrected chi connectivity index (χ4v) is 4.51. The molecule has 0 saturated carbocycles. The van der Waals surface area contributed by atoms with Crippen molar-refractivity contribution in [1.82, 2.24) is 14.9 Å². The molecule has 150 valence electrons. The van der Waals surface area contributed by atoms with E-state index in [1.165, 1.54) is 5.56 Å². The van der Waals surface area contributed by atoms with Crippen LogP contribution >= 0.6 is 0 Å². The quantitative estimate of drug-likeness (QED) is 0.724. The maximum Gasteiger partial charge on any atom is 0.222 e. The van der Waals surface area contributed by atoms with Gasteiger partial charge in [-0.25, -0.2) is 0 Å². The van der Waals surface area contributed by atoms with Crippen LogP contribution in [0.5, 0.6) is 0 Å². The van der Waals surface area contributed by atoms with E-state index in [-0.39, 0.29) is 5.91 Å². The van der Waals surface area contributed by atoms with E-state index in [1.54, 1.807) is 6.20 Å². The van der Waals surface area contributed by atoms with E-state index in [0.717, 1.165) is 48.0 Å². The van der Waals surface area contributed by atoms with Crippen molar-refractivity contribution in [2.45, 2.75) is 38.6 Å². The number of rotatable bonds is 5. The normalized spacial score (nSPS) is 19.4. The summed E-state index contributed by atoms with van der Waals surface area (Å²) in [5, 5.41) is 1.16. The number of hydrogen-bond donors (Lipinski definition) is 1. The number of amides is 1. The first-order valence-electron chi connectivity index (χ1n) is 10.4. The van der Waals surface area contributed by atoms with Gasteiger partial charge in [-0.1, -0.05) is 31.2 Å². The van der Waals surface area contributed by atoms with Crippen molar-refractivity contribution >= 4 is 16.8 Å². The van der Waals surface area contributed by atoms with Gasteiger partial charge in [0.15, 0.2) is 0 Å². The van der Waals surface area contributed by atoms with E-state index in [4.69, 9.17) is 5.73 Å². The van der Waals surface area contributed by atoms with Gasteiger partial charge in [-0.05, 0) is 47.6 Å². The summed E-state index contributed by atoms with van der Waals surface area (Å²) in [6.45, 7) is 4.32. The van der Waals surface area contributed by atoms with Crippen LogP contribution in [-0.4, -0.2) is 33.9 Å². The molecule has 3 heterocycles. The van der Waals surface area contributed by atoms with E-state index in [2.05, 4.69) is 35.1 Å². The molecule has 0 bridgehead atoms. The van der Waals surface area contributed by atoms with Crippen LogP contribution in [0.25, 0.3) is 10.9 Å². The van der Waals surface area contributed by atoms with Gasteiger partial charge in [0.1, 0.15) is 0 Å². The minimum Gasteiger partial charge on any atom is -0.342 e. The minimum absolute atomic E-state index is 0.228. The summed E-state index contributed by atoms with van der Waals surface area (Å²) < 4.78 is 0. The van der Waals surface area contributed by atoms with Crippen LogP contribution in [0, 0.1) is 5.92 Å². The van der Waals surface area contributed by atoms with E-state index in [0.29, 0.717) is 24.8 Å². The second kappa shape index (κ2) is 8.70. The van der Waals surface area contributed by atoms with Crippen LogP contribution in [0.3, 0.4) is 0 Å². The first-order valence-corrected chi connectivity index (χ1v) is 10.4. The Labute approximate surface area is 172 Å². The number of hydrogen-bond acceptors (Lipinski definition) is 4. The number of carbonyl (C=O) groups is 1. The maximum absolute atomic E-state index is 12.9. The van der Waals surface area contributed by atoms with E-state index < -0.39 is 0 Å². The van der Waals surface area contributed by atoms with Crippen LogP contribution in [0.2, 0.25) is 0 Å². The molecule has 0 aliphatic carbocycles. The molecule has 3 aromatic rings. The molecule has 2 aromatic heterocycles. The highest BCUT2D eigenvalue weighted by Crippen LogP contribution is 2.35. The highest BCUT2D eigenvalue weighted by Gasteiger charge is 2.29. The molecule has 0 radical (unpaired) electrons. The average Bonchev–Trinajstić information content (AvgIpc) is 2.77. The van der Waals surface area contributed by atoms with Gasteiger partial charge in [0.2, 0.25) is 5.91 Å². The molecule has 1 fully saturated rings. The Morgan fingerprint density at radius 2 is 2.03 bits per heavy atom. The van der Waals surface area contributed by atoms with Crippen LogP contribution in [-0.2, 0) is 17.8 Å². The zero-order valence-electron chi connectivity index (χ0n) is 16.9. The molecule has 1 unspecified atom stereocenters. The van der Waals surface area contributed by atoms with Crippen LogP contribution in [0.4, 0.5) is 0 Å². The highest BCUT2D eigenvalue weighted by atomic mass is 16.2. The molecule has 5 nitrogen and oxygen atoms in total. The van der Waals surface area contributed by atoms with Crippen molar-refractivity contribution in [1.29, 1.82) is 0 Å². The van der Waals surface area contributed by atoms with E-state index in [9.17, 15) is 4.79 Å². The lowest BCUT2D eigenvalue weighted by atomic mass is 9.83. The molecule has 1 aromatic carbocycles. The Hall–Kier alpha value is -2.79. The average molecular weight is 389 g/mol. The standard InChI is InChI=1S/C24H28N4O/c1-17-12-20(21-8-7-19(13-25)24-22(21)5-3-11-27-24)16-28(15-17)23(29)9-6-18-4-2-10-26-14-18/h2-5,7-8,10-11,14,17,20H,6,9,12-13,15-16,25H2,1H3/t17?,20-/m1/s1. The number of pyridine rings is 2. The molecule has 2 N–H and O–H groups in total. The number of fused-ring (bicyclic) bond motifs is 1. The topological polar surface area (TPSA) is 72.1 Å². The van der Waals surface area contributed by atoms with Gasteiger partial charge < -0.3 is 10.6 Å². The Morgan fingerprint density at radius 1 is 1.17 bits per heavy atom. The third kappa shape index (κ3) is 4.30. The molecule has 1 aliphatic rings. The summed E-state index contributed by atoms with van der Waals surface area (Å²) in [6.07, 6.45) is 7.77. The number of nitrogens with two attached hydrogens (primary N) is 1. The molecule has 29 heavy (non-hydrogen) atoms. The predicted molar refractivity (Wildman–Crippen MR) is 115 cm³/mol. The summed E-state index contributed by atoms with van der Waals surface area (Å²) in [6, 6.07) is 12.3. The van der Waals surface area contributed by atoms with Crippen molar-refractivity contribution in [3.05, 3.63) is 71.7 Å². The fraction of sp³-hybridized carbons (Fsp3) is 0.375. The maximum atomic E-state index is 12.9.